The van der Waals surface area contributed by atoms with Gasteiger partial charge in [-0.1, -0.05) is 30.3 Å². The molecule has 0 aliphatic carbocycles. The SMILES string of the molecule is Oc1ccc2c(C(c3c(O)cccc3O)c3c(O)ccc4cc(O)ccc34)c(O)ccc2c1. The normalized spacial score (nSPS) is 11.4. The quantitative estimate of drug-likeness (QED) is 0.209. The highest BCUT2D eigenvalue weighted by atomic mass is 16.3. The van der Waals surface area contributed by atoms with Gasteiger partial charge in [-0.05, 0) is 70.1 Å². The minimum absolute atomic E-state index is 0.0459. The Balaban J connectivity index is 1.97. The Morgan fingerprint density at radius 2 is 0.848 bits per heavy atom. The zero-order chi connectivity index (χ0) is 23.3. The third-order valence-electron chi connectivity index (χ3n) is 5.97. The average Bonchev–Trinajstić information content (AvgIpc) is 2.78. The summed E-state index contributed by atoms with van der Waals surface area (Å²) in [6.45, 7) is 0. The molecule has 6 N–H and O–H groups in total. The molecule has 164 valence electrons. The molecule has 0 atom stereocenters. The number of hydrogen-bond acceptors (Lipinski definition) is 6. The Bertz CT molecular complexity index is 1430. The first kappa shape index (κ1) is 20.3. The Hall–Kier alpha value is -4.58. The van der Waals surface area contributed by atoms with Gasteiger partial charge in [-0.25, -0.2) is 0 Å². The highest BCUT2D eigenvalue weighted by Crippen LogP contribution is 2.51. The van der Waals surface area contributed by atoms with Crippen LogP contribution < -0.4 is 0 Å². The van der Waals surface area contributed by atoms with Gasteiger partial charge in [0.15, 0.2) is 0 Å². The predicted octanol–water partition coefficient (Wildman–Crippen LogP) is 5.41. The maximum Gasteiger partial charge on any atom is 0.123 e. The number of rotatable bonds is 3. The zero-order valence-corrected chi connectivity index (χ0v) is 17.3. The second-order valence-electron chi connectivity index (χ2n) is 7.95. The number of aromatic hydroxyl groups is 6. The van der Waals surface area contributed by atoms with Crippen LogP contribution in [0.1, 0.15) is 22.6 Å². The summed E-state index contributed by atoms with van der Waals surface area (Å²) in [6, 6.07) is 19.9. The number of fused-ring (bicyclic) bond motifs is 2. The number of phenolic OH excluding ortho intramolecular Hbond substituents is 6. The van der Waals surface area contributed by atoms with E-state index >= 15 is 0 Å². The first-order chi connectivity index (χ1) is 15.8. The Kier molecular flexibility index (Phi) is 4.64. The van der Waals surface area contributed by atoms with Crippen LogP contribution in [-0.2, 0) is 0 Å². The molecule has 0 bridgehead atoms. The summed E-state index contributed by atoms with van der Waals surface area (Å²) in [5.41, 5.74) is 0.768. The van der Waals surface area contributed by atoms with Gasteiger partial charge >= 0.3 is 0 Å². The summed E-state index contributed by atoms with van der Waals surface area (Å²) >= 11 is 0. The van der Waals surface area contributed by atoms with E-state index in [1.54, 1.807) is 36.4 Å². The monoisotopic (exact) mass is 440 g/mol. The van der Waals surface area contributed by atoms with Crippen LogP contribution in [0.15, 0.2) is 78.9 Å². The lowest BCUT2D eigenvalue weighted by Gasteiger charge is -2.25. The lowest BCUT2D eigenvalue weighted by Crippen LogP contribution is -2.07. The van der Waals surface area contributed by atoms with Crippen molar-refractivity contribution >= 4 is 21.5 Å². The van der Waals surface area contributed by atoms with Crippen LogP contribution in [0.4, 0.5) is 0 Å². The molecule has 0 unspecified atom stereocenters. The standard InChI is InChI=1S/C27H20O6/c28-16-6-8-18-14(12-16)4-10-22(32)24(18)27(26-20(30)2-1-3-21(26)31)25-19-9-7-17(29)13-15(19)5-11-23(25)33/h1-13,27-33H. The molecule has 5 rings (SSSR count). The van der Waals surface area contributed by atoms with Crippen molar-refractivity contribution in [1.29, 1.82) is 0 Å². The molecule has 5 aromatic carbocycles. The molecule has 0 saturated carbocycles. The smallest absolute Gasteiger partial charge is 0.123 e. The van der Waals surface area contributed by atoms with Gasteiger partial charge in [0, 0.05) is 22.6 Å². The largest absolute Gasteiger partial charge is 0.508 e. The minimum Gasteiger partial charge on any atom is -0.508 e. The van der Waals surface area contributed by atoms with Gasteiger partial charge in [0.05, 0.1) is 0 Å². The molecule has 0 aliphatic heterocycles. The summed E-state index contributed by atoms with van der Waals surface area (Å²) in [5.74, 6) is -1.57. The summed E-state index contributed by atoms with van der Waals surface area (Å²) < 4.78 is 0. The molecule has 5 aromatic rings. The fraction of sp³-hybridized carbons (Fsp3) is 0.0370. The summed E-state index contributed by atoms with van der Waals surface area (Å²) in [7, 11) is 0. The molecule has 0 aliphatic rings. The topological polar surface area (TPSA) is 121 Å². The third-order valence-corrected chi connectivity index (χ3v) is 5.97. The molecule has 0 heterocycles. The van der Waals surface area contributed by atoms with Crippen molar-refractivity contribution in [3.05, 3.63) is 95.6 Å². The van der Waals surface area contributed by atoms with Gasteiger partial charge in [0.25, 0.3) is 0 Å². The van der Waals surface area contributed by atoms with Crippen LogP contribution in [0.5, 0.6) is 34.5 Å². The molecule has 0 saturated heterocycles. The van der Waals surface area contributed by atoms with E-state index in [0.717, 1.165) is 0 Å². The van der Waals surface area contributed by atoms with E-state index in [9.17, 15) is 30.6 Å². The number of hydrogen-bond donors (Lipinski definition) is 6. The maximum atomic E-state index is 11.0. The molecule has 0 aromatic heterocycles. The molecule has 0 fully saturated rings. The minimum atomic E-state index is -0.993. The van der Waals surface area contributed by atoms with Crippen molar-refractivity contribution < 1.29 is 30.6 Å². The van der Waals surface area contributed by atoms with E-state index in [4.69, 9.17) is 0 Å². The van der Waals surface area contributed by atoms with Gasteiger partial charge in [0.1, 0.15) is 34.5 Å². The van der Waals surface area contributed by atoms with Crippen molar-refractivity contribution in [2.24, 2.45) is 0 Å². The Labute approximate surface area is 188 Å². The maximum absolute atomic E-state index is 11.0. The van der Waals surface area contributed by atoms with Crippen LogP contribution in [-0.4, -0.2) is 30.6 Å². The van der Waals surface area contributed by atoms with Gasteiger partial charge in [-0.2, -0.15) is 0 Å². The summed E-state index contributed by atoms with van der Waals surface area (Å²) in [5, 5.41) is 65.9. The first-order valence-electron chi connectivity index (χ1n) is 10.2. The van der Waals surface area contributed by atoms with E-state index in [2.05, 4.69) is 0 Å². The lowest BCUT2D eigenvalue weighted by atomic mass is 9.79. The molecule has 0 radical (unpaired) electrons. The van der Waals surface area contributed by atoms with Gasteiger partial charge in [0.2, 0.25) is 0 Å². The Morgan fingerprint density at radius 1 is 0.424 bits per heavy atom. The highest BCUT2D eigenvalue weighted by molar-refractivity contribution is 5.95. The van der Waals surface area contributed by atoms with E-state index in [1.807, 2.05) is 0 Å². The van der Waals surface area contributed by atoms with Crippen molar-refractivity contribution in [1.82, 2.24) is 0 Å². The van der Waals surface area contributed by atoms with Crippen LogP contribution in [0.2, 0.25) is 0 Å². The molecular formula is C27H20O6. The van der Waals surface area contributed by atoms with Gasteiger partial charge in [-0.15, -0.1) is 0 Å². The molecule has 6 heteroatoms. The summed E-state index contributed by atoms with van der Waals surface area (Å²) in [4.78, 5) is 0. The number of phenols is 6. The second kappa shape index (κ2) is 7.53. The molecule has 0 spiro atoms. The van der Waals surface area contributed by atoms with Crippen molar-refractivity contribution in [2.75, 3.05) is 0 Å². The van der Waals surface area contributed by atoms with Crippen molar-refractivity contribution in [3.8, 4) is 34.5 Å². The number of benzene rings is 5. The van der Waals surface area contributed by atoms with E-state index in [0.29, 0.717) is 32.7 Å². The fourth-order valence-corrected chi connectivity index (χ4v) is 4.54. The Morgan fingerprint density at radius 3 is 1.30 bits per heavy atom. The van der Waals surface area contributed by atoms with Crippen LogP contribution >= 0.6 is 0 Å². The van der Waals surface area contributed by atoms with Crippen LogP contribution in [0.25, 0.3) is 21.5 Å². The summed E-state index contributed by atoms with van der Waals surface area (Å²) in [6.07, 6.45) is 0. The van der Waals surface area contributed by atoms with Crippen molar-refractivity contribution in [2.45, 2.75) is 5.92 Å². The van der Waals surface area contributed by atoms with Crippen LogP contribution in [0, 0.1) is 0 Å². The fourth-order valence-electron chi connectivity index (χ4n) is 4.54. The lowest BCUT2D eigenvalue weighted by molar-refractivity contribution is 0.430. The molecule has 33 heavy (non-hydrogen) atoms. The third kappa shape index (κ3) is 3.29. The van der Waals surface area contributed by atoms with Gasteiger partial charge < -0.3 is 30.6 Å². The van der Waals surface area contributed by atoms with E-state index in [-0.39, 0.29) is 40.1 Å². The molecular weight excluding hydrogens is 420 g/mol. The predicted molar refractivity (Wildman–Crippen MR) is 125 cm³/mol. The zero-order valence-electron chi connectivity index (χ0n) is 17.3. The van der Waals surface area contributed by atoms with Crippen LogP contribution in [0.3, 0.4) is 0 Å². The second-order valence-corrected chi connectivity index (χ2v) is 7.95. The molecule has 0 amide bonds. The molecule has 6 nitrogen and oxygen atoms in total. The van der Waals surface area contributed by atoms with E-state index < -0.39 is 5.92 Å². The van der Waals surface area contributed by atoms with Crippen molar-refractivity contribution in [3.63, 3.8) is 0 Å². The van der Waals surface area contributed by atoms with E-state index in [1.165, 1.54) is 42.5 Å². The first-order valence-corrected chi connectivity index (χ1v) is 10.2. The highest BCUT2D eigenvalue weighted by Gasteiger charge is 2.31. The van der Waals surface area contributed by atoms with Gasteiger partial charge in [-0.3, -0.25) is 0 Å². The average molecular weight is 440 g/mol.